The van der Waals surface area contributed by atoms with Gasteiger partial charge in [0.1, 0.15) is 0 Å². The zero-order valence-corrected chi connectivity index (χ0v) is 13.9. The molecule has 1 amide bonds. The Morgan fingerprint density at radius 1 is 1.38 bits per heavy atom. The highest BCUT2D eigenvalue weighted by Gasteiger charge is 2.23. The van der Waals surface area contributed by atoms with Crippen LogP contribution in [0.1, 0.15) is 48.9 Å². The van der Waals surface area contributed by atoms with E-state index in [1.54, 1.807) is 12.3 Å². The smallest absolute Gasteiger partial charge is 0.378 e. The van der Waals surface area contributed by atoms with Crippen LogP contribution in [-0.4, -0.2) is 44.1 Å². The number of carbonyl (C=O) groups excluding carboxylic acids is 2. The van der Waals surface area contributed by atoms with E-state index in [2.05, 4.69) is 27.3 Å². The van der Waals surface area contributed by atoms with Gasteiger partial charge < -0.3 is 10.1 Å². The summed E-state index contributed by atoms with van der Waals surface area (Å²) in [4.78, 5) is 32.0. The van der Waals surface area contributed by atoms with Gasteiger partial charge in [0.2, 0.25) is 0 Å². The monoisotopic (exact) mass is 331 g/mol. The van der Waals surface area contributed by atoms with Crippen LogP contribution >= 0.6 is 0 Å². The third-order valence-corrected chi connectivity index (χ3v) is 4.40. The van der Waals surface area contributed by atoms with E-state index in [0.717, 1.165) is 25.0 Å². The minimum absolute atomic E-state index is 0.101. The summed E-state index contributed by atoms with van der Waals surface area (Å²) in [5.41, 5.74) is 0.801. The highest BCUT2D eigenvalue weighted by Crippen LogP contribution is 2.23. The fourth-order valence-electron chi connectivity index (χ4n) is 2.97. The number of carbonyl (C=O) groups is 2. The van der Waals surface area contributed by atoms with E-state index < -0.39 is 5.97 Å². The molecule has 2 aromatic heterocycles. The number of amides is 1. The van der Waals surface area contributed by atoms with Gasteiger partial charge in [0.05, 0.1) is 0 Å². The Morgan fingerprint density at radius 2 is 2.17 bits per heavy atom. The number of fused-ring (bicyclic) bond motifs is 1. The van der Waals surface area contributed by atoms with E-state index in [1.165, 1.54) is 10.9 Å². The average molecular weight is 331 g/mol. The van der Waals surface area contributed by atoms with E-state index in [0.29, 0.717) is 11.7 Å². The lowest BCUT2D eigenvalue weighted by atomic mass is 9.86. The van der Waals surface area contributed by atoms with Gasteiger partial charge in [-0.3, -0.25) is 4.79 Å². The molecule has 0 spiro atoms. The maximum Gasteiger partial charge on any atom is 0.378 e. The number of hydrogen-bond acceptors (Lipinski definition) is 6. The quantitative estimate of drug-likeness (QED) is 0.848. The Kier molecular flexibility index (Phi) is 4.73. The second-order valence-electron chi connectivity index (χ2n) is 6.25. The van der Waals surface area contributed by atoms with Crippen molar-refractivity contribution in [1.29, 1.82) is 0 Å². The summed E-state index contributed by atoms with van der Waals surface area (Å²) in [6.45, 7) is 3.63. The molecule has 8 nitrogen and oxygen atoms in total. The number of aromatic nitrogens is 4. The Morgan fingerprint density at radius 3 is 2.92 bits per heavy atom. The van der Waals surface area contributed by atoms with E-state index in [4.69, 9.17) is 4.74 Å². The highest BCUT2D eigenvalue weighted by atomic mass is 16.5. The number of ether oxygens (including phenoxy) is 1. The van der Waals surface area contributed by atoms with Gasteiger partial charge in [-0.25, -0.2) is 14.3 Å². The summed E-state index contributed by atoms with van der Waals surface area (Å²) >= 11 is 0. The van der Waals surface area contributed by atoms with E-state index in [9.17, 15) is 9.59 Å². The van der Waals surface area contributed by atoms with Gasteiger partial charge in [-0.1, -0.05) is 19.8 Å². The van der Waals surface area contributed by atoms with Crippen LogP contribution in [0.2, 0.25) is 0 Å². The first-order chi connectivity index (χ1) is 11.5. The van der Waals surface area contributed by atoms with Gasteiger partial charge in [0.25, 0.3) is 17.5 Å². The standard InChI is InChI=1S/C16H21N5O3/c1-10-5-3-4-6-12(10)18-13(22)9-24-15(23)14-19-16-17-8-7-11(2)21(16)20-14/h7-8,10,12H,3-6,9H2,1-2H3,(H,18,22)/t10-,12+/m1/s1. The molecule has 2 atom stereocenters. The first-order valence-electron chi connectivity index (χ1n) is 8.19. The molecule has 0 radical (unpaired) electrons. The molecule has 1 aliphatic rings. The number of esters is 1. The van der Waals surface area contributed by atoms with Crippen LogP contribution in [0.4, 0.5) is 0 Å². The van der Waals surface area contributed by atoms with Crippen LogP contribution in [0, 0.1) is 12.8 Å². The van der Waals surface area contributed by atoms with Gasteiger partial charge in [-0.05, 0) is 31.7 Å². The molecule has 0 bridgehead atoms. The predicted molar refractivity (Wildman–Crippen MR) is 85.4 cm³/mol. The molecule has 3 rings (SSSR count). The third-order valence-electron chi connectivity index (χ3n) is 4.40. The number of nitrogens with zero attached hydrogens (tertiary/aromatic N) is 4. The maximum absolute atomic E-state index is 12.0. The maximum atomic E-state index is 12.0. The van der Waals surface area contributed by atoms with E-state index in [-0.39, 0.29) is 24.4 Å². The fourth-order valence-corrected chi connectivity index (χ4v) is 2.97. The number of nitrogens with one attached hydrogen (secondary N) is 1. The van der Waals surface area contributed by atoms with E-state index >= 15 is 0 Å². The molecule has 1 fully saturated rings. The molecule has 0 unspecified atom stereocenters. The zero-order chi connectivity index (χ0) is 17.1. The van der Waals surface area contributed by atoms with Gasteiger partial charge in [-0.15, -0.1) is 5.10 Å². The minimum atomic E-state index is -0.730. The molecule has 0 aromatic carbocycles. The van der Waals surface area contributed by atoms with Gasteiger partial charge >= 0.3 is 5.97 Å². The Balaban J connectivity index is 1.56. The van der Waals surface area contributed by atoms with Crippen LogP contribution in [0.15, 0.2) is 12.3 Å². The van der Waals surface area contributed by atoms with Crippen LogP contribution in [0.3, 0.4) is 0 Å². The summed E-state index contributed by atoms with van der Waals surface area (Å²) in [6, 6.07) is 1.92. The number of hydrogen-bond donors (Lipinski definition) is 1. The summed E-state index contributed by atoms with van der Waals surface area (Å²) in [5.74, 6) is -0.350. The molecule has 0 saturated heterocycles. The summed E-state index contributed by atoms with van der Waals surface area (Å²) in [5, 5.41) is 6.99. The fraction of sp³-hybridized carbons (Fsp3) is 0.562. The summed E-state index contributed by atoms with van der Waals surface area (Å²) in [6.07, 6.45) is 6.00. The van der Waals surface area contributed by atoms with Crippen molar-refractivity contribution >= 4 is 17.7 Å². The molecule has 128 valence electrons. The van der Waals surface area contributed by atoms with Crippen molar-refractivity contribution in [2.75, 3.05) is 6.61 Å². The summed E-state index contributed by atoms with van der Waals surface area (Å²) in [7, 11) is 0. The van der Waals surface area contributed by atoms with Crippen molar-refractivity contribution in [3.63, 3.8) is 0 Å². The van der Waals surface area contributed by atoms with Crippen LogP contribution in [0.25, 0.3) is 5.78 Å². The lowest BCUT2D eigenvalue weighted by Crippen LogP contribution is -2.42. The Hall–Kier alpha value is -2.51. The number of aryl methyl sites for hydroxylation is 1. The number of rotatable bonds is 4. The third kappa shape index (κ3) is 3.52. The first kappa shape index (κ1) is 16.4. The molecule has 24 heavy (non-hydrogen) atoms. The molecule has 8 heteroatoms. The van der Waals surface area contributed by atoms with Crippen molar-refractivity contribution in [2.24, 2.45) is 5.92 Å². The normalized spacial score (nSPS) is 20.8. The van der Waals surface area contributed by atoms with Crippen LogP contribution < -0.4 is 5.32 Å². The molecule has 1 aliphatic carbocycles. The van der Waals surface area contributed by atoms with Crippen molar-refractivity contribution < 1.29 is 14.3 Å². The second-order valence-corrected chi connectivity index (χ2v) is 6.25. The van der Waals surface area contributed by atoms with Crippen LogP contribution in [-0.2, 0) is 9.53 Å². The SMILES string of the molecule is Cc1ccnc2nc(C(=O)OCC(=O)N[C@H]3CCCC[C@H]3C)nn12. The average Bonchev–Trinajstić information content (AvgIpc) is 3.00. The second kappa shape index (κ2) is 6.94. The predicted octanol–water partition coefficient (Wildman–Crippen LogP) is 1.28. The molecule has 2 heterocycles. The minimum Gasteiger partial charge on any atom is -0.450 e. The lowest BCUT2D eigenvalue weighted by molar-refractivity contribution is -0.125. The first-order valence-corrected chi connectivity index (χ1v) is 8.19. The Bertz CT molecular complexity index is 757. The van der Waals surface area contributed by atoms with Crippen LogP contribution in [0.5, 0.6) is 0 Å². The topological polar surface area (TPSA) is 98.5 Å². The van der Waals surface area contributed by atoms with E-state index in [1.807, 2.05) is 6.92 Å². The van der Waals surface area contributed by atoms with Gasteiger partial charge in [0, 0.05) is 17.9 Å². The summed E-state index contributed by atoms with van der Waals surface area (Å²) < 4.78 is 6.48. The molecular weight excluding hydrogens is 310 g/mol. The molecule has 2 aromatic rings. The molecule has 1 saturated carbocycles. The van der Waals surface area contributed by atoms with Crippen molar-refractivity contribution in [2.45, 2.75) is 45.6 Å². The Labute approximate surface area is 139 Å². The van der Waals surface area contributed by atoms with Gasteiger partial charge in [-0.2, -0.15) is 4.98 Å². The van der Waals surface area contributed by atoms with Crippen molar-refractivity contribution in [3.8, 4) is 0 Å². The molecular formula is C16H21N5O3. The zero-order valence-electron chi connectivity index (χ0n) is 13.9. The van der Waals surface area contributed by atoms with Crippen molar-refractivity contribution in [3.05, 3.63) is 23.8 Å². The van der Waals surface area contributed by atoms with Crippen molar-refractivity contribution in [1.82, 2.24) is 24.9 Å². The lowest BCUT2D eigenvalue weighted by Gasteiger charge is -2.29. The largest absolute Gasteiger partial charge is 0.450 e. The molecule has 1 N–H and O–H groups in total. The highest BCUT2D eigenvalue weighted by molar-refractivity contribution is 5.88. The molecule has 0 aliphatic heterocycles. The van der Waals surface area contributed by atoms with Gasteiger partial charge in [0.15, 0.2) is 6.61 Å².